The van der Waals surface area contributed by atoms with Crippen LogP contribution in [-0.4, -0.2) is 28.5 Å². The Labute approximate surface area is 170 Å². The summed E-state index contributed by atoms with van der Waals surface area (Å²) in [7, 11) is -0.519. The van der Waals surface area contributed by atoms with Crippen LogP contribution in [-0.2, 0) is 21.4 Å². The molecule has 0 saturated carbocycles. The number of amides is 1. The third-order valence-corrected chi connectivity index (χ3v) is 6.32. The minimum Gasteiger partial charge on any atom is -0.497 e. The first-order valence-corrected chi connectivity index (χ1v) is 10.7. The summed E-state index contributed by atoms with van der Waals surface area (Å²) in [5.74, 6) is 0.323. The second-order valence-corrected chi connectivity index (χ2v) is 8.65. The molecule has 0 bridgehead atoms. The van der Waals surface area contributed by atoms with Gasteiger partial charge in [-0.3, -0.25) is 4.79 Å². The summed E-state index contributed by atoms with van der Waals surface area (Å²) < 4.78 is 31.4. The third-order valence-electron chi connectivity index (χ3n) is 4.91. The van der Waals surface area contributed by atoms with Gasteiger partial charge in [-0.1, -0.05) is 36.4 Å². The molecule has 2 N–H and O–H groups in total. The molecule has 0 aliphatic rings. The van der Waals surface area contributed by atoms with Crippen LogP contribution in [0.3, 0.4) is 0 Å². The summed E-state index contributed by atoms with van der Waals surface area (Å²) in [6.07, 6.45) is 0. The number of hydrogen-bond acceptors (Lipinski definition) is 4. The average Bonchev–Trinajstić information content (AvgIpc) is 2.76. The minimum absolute atomic E-state index is 0.125. The molecule has 0 aliphatic carbocycles. The Hall–Kier alpha value is -2.90. The first kappa shape index (κ1) is 20.8. The Morgan fingerprint density at radius 2 is 1.76 bits per heavy atom. The summed E-state index contributed by atoms with van der Waals surface area (Å²) in [6.45, 7) is 2.10. The largest absolute Gasteiger partial charge is 0.497 e. The lowest BCUT2D eigenvalue weighted by Crippen LogP contribution is -2.27. The Balaban J connectivity index is 1.71. The van der Waals surface area contributed by atoms with E-state index in [0.29, 0.717) is 5.56 Å². The van der Waals surface area contributed by atoms with Crippen LogP contribution in [0.15, 0.2) is 65.6 Å². The molecule has 0 unspecified atom stereocenters. The van der Waals surface area contributed by atoms with Crippen LogP contribution >= 0.6 is 0 Å². The number of carbonyl (C=O) groups is 1. The van der Waals surface area contributed by atoms with E-state index < -0.39 is 10.0 Å². The van der Waals surface area contributed by atoms with Gasteiger partial charge in [0.2, 0.25) is 15.9 Å². The molecular formula is C22H24N2O4S. The summed E-state index contributed by atoms with van der Waals surface area (Å²) in [5.41, 5.74) is 1.62. The molecule has 0 radical (unpaired) electrons. The van der Waals surface area contributed by atoms with Crippen molar-refractivity contribution in [2.24, 2.45) is 0 Å². The van der Waals surface area contributed by atoms with Crippen molar-refractivity contribution in [3.8, 4) is 5.75 Å². The van der Waals surface area contributed by atoms with E-state index in [1.165, 1.54) is 13.1 Å². The fourth-order valence-electron chi connectivity index (χ4n) is 3.07. The van der Waals surface area contributed by atoms with E-state index >= 15 is 0 Å². The van der Waals surface area contributed by atoms with E-state index in [1.54, 1.807) is 25.3 Å². The number of ether oxygens (including phenoxy) is 1. The molecule has 0 spiro atoms. The molecule has 0 aromatic heterocycles. The average molecular weight is 413 g/mol. The van der Waals surface area contributed by atoms with Crippen molar-refractivity contribution in [1.29, 1.82) is 0 Å². The summed E-state index contributed by atoms with van der Waals surface area (Å²) in [5, 5.41) is 4.97. The van der Waals surface area contributed by atoms with Crippen LogP contribution in [0.25, 0.3) is 10.8 Å². The first-order chi connectivity index (χ1) is 13.8. The fraction of sp³-hybridized carbons (Fsp3) is 0.227. The number of nitrogens with one attached hydrogen (secondary N) is 2. The van der Waals surface area contributed by atoms with Gasteiger partial charge in [0.1, 0.15) is 5.75 Å². The highest BCUT2D eigenvalue weighted by atomic mass is 32.2. The second kappa shape index (κ2) is 8.63. The normalized spacial score (nSPS) is 12.5. The van der Waals surface area contributed by atoms with Gasteiger partial charge in [-0.05, 0) is 60.1 Å². The number of hydrogen-bond donors (Lipinski definition) is 2. The van der Waals surface area contributed by atoms with Crippen molar-refractivity contribution in [3.63, 3.8) is 0 Å². The van der Waals surface area contributed by atoms with Gasteiger partial charge in [-0.2, -0.15) is 0 Å². The second-order valence-electron chi connectivity index (χ2n) is 6.77. The van der Waals surface area contributed by atoms with E-state index in [0.717, 1.165) is 22.1 Å². The van der Waals surface area contributed by atoms with Gasteiger partial charge in [0.15, 0.2) is 0 Å². The van der Waals surface area contributed by atoms with E-state index in [2.05, 4.69) is 10.0 Å². The maximum absolute atomic E-state index is 12.6. The monoisotopic (exact) mass is 412 g/mol. The van der Waals surface area contributed by atoms with Gasteiger partial charge in [0.25, 0.3) is 0 Å². The SMILES string of the molecule is CNS(=O)(=O)c1cccc(CNC(=O)[C@@H](C)c2ccc3cc(OC)ccc3c2)c1. The van der Waals surface area contributed by atoms with Crippen molar-refractivity contribution >= 4 is 26.7 Å². The molecular weight excluding hydrogens is 388 g/mol. The molecule has 7 heteroatoms. The maximum atomic E-state index is 12.6. The van der Waals surface area contributed by atoms with Crippen LogP contribution in [0.5, 0.6) is 5.75 Å². The summed E-state index contributed by atoms with van der Waals surface area (Å²) in [4.78, 5) is 12.8. The van der Waals surface area contributed by atoms with Gasteiger partial charge < -0.3 is 10.1 Å². The van der Waals surface area contributed by atoms with Crippen LogP contribution in [0.2, 0.25) is 0 Å². The topological polar surface area (TPSA) is 84.5 Å². The quantitative estimate of drug-likeness (QED) is 0.624. The number of fused-ring (bicyclic) bond motifs is 1. The zero-order valence-corrected chi connectivity index (χ0v) is 17.4. The predicted octanol–water partition coefficient (Wildman–Crippen LogP) is 3.18. The molecule has 3 aromatic carbocycles. The fourth-order valence-corrected chi connectivity index (χ4v) is 3.87. The number of benzene rings is 3. The standard InChI is InChI=1S/C22H24N2O4S/c1-15(17-7-8-19-13-20(28-3)10-9-18(19)12-17)22(25)24-14-16-5-4-6-21(11-16)29(26,27)23-2/h4-13,15,23H,14H2,1-3H3,(H,24,25)/t15-/m0/s1. The Bertz CT molecular complexity index is 1140. The molecule has 0 saturated heterocycles. The molecule has 1 atom stereocenters. The first-order valence-electron chi connectivity index (χ1n) is 9.22. The van der Waals surface area contributed by atoms with E-state index in [4.69, 9.17) is 4.74 Å². The molecule has 152 valence electrons. The molecule has 6 nitrogen and oxygen atoms in total. The van der Waals surface area contributed by atoms with Crippen LogP contribution < -0.4 is 14.8 Å². The Kier molecular flexibility index (Phi) is 6.20. The zero-order valence-electron chi connectivity index (χ0n) is 16.6. The van der Waals surface area contributed by atoms with Crippen molar-refractivity contribution in [2.75, 3.05) is 14.2 Å². The highest BCUT2D eigenvalue weighted by Gasteiger charge is 2.16. The lowest BCUT2D eigenvalue weighted by molar-refractivity contribution is -0.122. The van der Waals surface area contributed by atoms with E-state index in [-0.39, 0.29) is 23.3 Å². The highest BCUT2D eigenvalue weighted by molar-refractivity contribution is 7.89. The minimum atomic E-state index is -3.52. The third kappa shape index (κ3) is 4.75. The van der Waals surface area contributed by atoms with E-state index in [1.807, 2.05) is 43.3 Å². The smallest absolute Gasteiger partial charge is 0.240 e. The number of methoxy groups -OCH3 is 1. The van der Waals surface area contributed by atoms with Crippen LogP contribution in [0.4, 0.5) is 0 Å². The van der Waals surface area contributed by atoms with Gasteiger partial charge in [0, 0.05) is 6.54 Å². The van der Waals surface area contributed by atoms with Crippen molar-refractivity contribution < 1.29 is 17.9 Å². The molecule has 29 heavy (non-hydrogen) atoms. The molecule has 3 aromatic rings. The van der Waals surface area contributed by atoms with Gasteiger partial charge >= 0.3 is 0 Å². The molecule has 0 fully saturated rings. The Morgan fingerprint density at radius 1 is 1.03 bits per heavy atom. The number of carbonyl (C=O) groups excluding carboxylic acids is 1. The Morgan fingerprint density at radius 3 is 2.48 bits per heavy atom. The number of rotatable bonds is 7. The predicted molar refractivity (Wildman–Crippen MR) is 113 cm³/mol. The number of sulfonamides is 1. The van der Waals surface area contributed by atoms with Crippen LogP contribution in [0, 0.1) is 0 Å². The molecule has 0 aliphatic heterocycles. The van der Waals surface area contributed by atoms with Crippen molar-refractivity contribution in [3.05, 3.63) is 71.8 Å². The van der Waals surface area contributed by atoms with E-state index in [9.17, 15) is 13.2 Å². The summed E-state index contributed by atoms with van der Waals surface area (Å²) in [6, 6.07) is 18.2. The van der Waals surface area contributed by atoms with Gasteiger partial charge in [-0.25, -0.2) is 13.1 Å². The maximum Gasteiger partial charge on any atom is 0.240 e. The highest BCUT2D eigenvalue weighted by Crippen LogP contribution is 2.25. The summed E-state index contributed by atoms with van der Waals surface area (Å²) >= 11 is 0. The van der Waals surface area contributed by atoms with Gasteiger partial charge in [-0.15, -0.1) is 0 Å². The molecule has 0 heterocycles. The lowest BCUT2D eigenvalue weighted by atomic mass is 9.97. The molecule has 3 rings (SSSR count). The van der Waals surface area contributed by atoms with Crippen LogP contribution in [0.1, 0.15) is 24.0 Å². The van der Waals surface area contributed by atoms with Crippen molar-refractivity contribution in [2.45, 2.75) is 24.3 Å². The molecule has 1 amide bonds. The lowest BCUT2D eigenvalue weighted by Gasteiger charge is -2.14. The van der Waals surface area contributed by atoms with Gasteiger partial charge in [0.05, 0.1) is 17.9 Å². The zero-order chi connectivity index (χ0) is 21.0. The van der Waals surface area contributed by atoms with Crippen molar-refractivity contribution in [1.82, 2.24) is 10.0 Å².